The minimum atomic E-state index is 1.14. The van der Waals surface area contributed by atoms with Gasteiger partial charge in [-0.1, -0.05) is 49.4 Å². The number of nitrogens with zero attached hydrogens (tertiary/aromatic N) is 1. The summed E-state index contributed by atoms with van der Waals surface area (Å²) in [6.45, 7) is 4.45. The molecule has 0 bridgehead atoms. The van der Waals surface area contributed by atoms with Crippen LogP contribution in [0.2, 0.25) is 0 Å². The van der Waals surface area contributed by atoms with E-state index in [0.29, 0.717) is 0 Å². The summed E-state index contributed by atoms with van der Waals surface area (Å²) in [7, 11) is 0. The van der Waals surface area contributed by atoms with Crippen LogP contribution in [-0.4, -0.2) is 4.40 Å². The Bertz CT molecular complexity index is 728. The summed E-state index contributed by atoms with van der Waals surface area (Å²) in [4.78, 5) is 2.70. The summed E-state index contributed by atoms with van der Waals surface area (Å²) >= 11 is 1.88. The van der Waals surface area contributed by atoms with Gasteiger partial charge in [-0.3, -0.25) is 0 Å². The van der Waals surface area contributed by atoms with Crippen molar-refractivity contribution in [3.05, 3.63) is 66.0 Å². The van der Waals surface area contributed by atoms with E-state index in [1.54, 1.807) is 0 Å². The van der Waals surface area contributed by atoms with Crippen molar-refractivity contribution in [2.24, 2.45) is 0 Å². The highest BCUT2D eigenvalue weighted by Crippen LogP contribution is 2.34. The molecule has 1 aromatic carbocycles. The number of benzene rings is 1. The number of aryl methyl sites for hydroxylation is 2. The number of hydrogen-bond acceptors (Lipinski definition) is 1. The summed E-state index contributed by atoms with van der Waals surface area (Å²) < 4.78 is 2.42. The van der Waals surface area contributed by atoms with E-state index in [9.17, 15) is 0 Å². The van der Waals surface area contributed by atoms with Gasteiger partial charge in [-0.2, -0.15) is 0 Å². The fraction of sp³-hybridized carbons (Fsp3) is 0.263. The molecular formula is C19H21NS. The number of fused-ring (bicyclic) bond motifs is 1. The average Bonchev–Trinajstić information content (AvgIpc) is 2.85. The summed E-state index contributed by atoms with van der Waals surface area (Å²) in [5.41, 5.74) is 4.08. The van der Waals surface area contributed by atoms with Crippen LogP contribution in [0.25, 0.3) is 5.52 Å². The van der Waals surface area contributed by atoms with Crippen LogP contribution in [0.3, 0.4) is 0 Å². The molecule has 0 aliphatic rings. The van der Waals surface area contributed by atoms with Crippen LogP contribution in [0.15, 0.2) is 64.4 Å². The fourth-order valence-electron chi connectivity index (χ4n) is 2.73. The van der Waals surface area contributed by atoms with Crippen LogP contribution in [-0.2, 0) is 6.42 Å². The lowest BCUT2D eigenvalue weighted by Crippen LogP contribution is -1.97. The minimum absolute atomic E-state index is 1.14. The molecule has 0 atom stereocenters. The second-order valence-electron chi connectivity index (χ2n) is 5.40. The van der Waals surface area contributed by atoms with Crippen molar-refractivity contribution in [3.63, 3.8) is 0 Å². The van der Waals surface area contributed by atoms with Gasteiger partial charge in [0.15, 0.2) is 0 Å². The van der Waals surface area contributed by atoms with Crippen molar-refractivity contribution in [2.45, 2.75) is 42.9 Å². The Balaban J connectivity index is 2.06. The van der Waals surface area contributed by atoms with E-state index in [0.717, 1.165) is 6.42 Å². The Labute approximate surface area is 131 Å². The first-order valence-corrected chi connectivity index (χ1v) is 8.44. The van der Waals surface area contributed by atoms with Crippen LogP contribution in [0.1, 0.15) is 31.2 Å². The molecule has 0 aliphatic heterocycles. The van der Waals surface area contributed by atoms with E-state index >= 15 is 0 Å². The van der Waals surface area contributed by atoms with Gasteiger partial charge in [-0.15, -0.1) is 0 Å². The lowest BCUT2D eigenvalue weighted by Gasteiger charge is -2.08. The molecule has 0 saturated carbocycles. The molecule has 0 saturated heterocycles. The zero-order valence-corrected chi connectivity index (χ0v) is 13.5. The molecule has 3 aromatic rings. The van der Waals surface area contributed by atoms with E-state index in [-0.39, 0.29) is 0 Å². The maximum absolute atomic E-state index is 2.42. The zero-order valence-electron chi connectivity index (χ0n) is 12.7. The van der Waals surface area contributed by atoms with E-state index in [1.165, 1.54) is 39.5 Å². The third-order valence-corrected chi connectivity index (χ3v) is 4.87. The maximum Gasteiger partial charge on any atom is 0.0467 e. The second kappa shape index (κ2) is 6.40. The summed E-state index contributed by atoms with van der Waals surface area (Å²) in [5, 5.41) is 0. The largest absolute Gasteiger partial charge is 0.317 e. The molecule has 108 valence electrons. The van der Waals surface area contributed by atoms with Gasteiger partial charge in [0, 0.05) is 26.7 Å². The van der Waals surface area contributed by atoms with Crippen molar-refractivity contribution in [2.75, 3.05) is 0 Å². The number of pyridine rings is 1. The van der Waals surface area contributed by atoms with Crippen LogP contribution in [0, 0.1) is 6.92 Å². The predicted octanol–water partition coefficient (Wildman–Crippen LogP) is 5.74. The molecular weight excluding hydrogens is 274 g/mol. The summed E-state index contributed by atoms with van der Waals surface area (Å²) in [6.07, 6.45) is 3.61. The third-order valence-electron chi connectivity index (χ3n) is 3.79. The second-order valence-corrected chi connectivity index (χ2v) is 6.52. The zero-order chi connectivity index (χ0) is 14.7. The van der Waals surface area contributed by atoms with Gasteiger partial charge < -0.3 is 4.40 Å². The van der Waals surface area contributed by atoms with E-state index in [4.69, 9.17) is 0 Å². The van der Waals surface area contributed by atoms with E-state index < -0.39 is 0 Å². The fourth-order valence-corrected chi connectivity index (χ4v) is 3.77. The first-order valence-electron chi connectivity index (χ1n) is 7.62. The van der Waals surface area contributed by atoms with E-state index in [2.05, 4.69) is 72.8 Å². The quantitative estimate of drug-likeness (QED) is 0.580. The molecule has 0 radical (unpaired) electrons. The molecule has 1 nitrogen and oxygen atoms in total. The Hall–Kier alpha value is -1.67. The van der Waals surface area contributed by atoms with Crippen LogP contribution in [0.4, 0.5) is 0 Å². The topological polar surface area (TPSA) is 4.41 Å². The van der Waals surface area contributed by atoms with Crippen molar-refractivity contribution < 1.29 is 0 Å². The molecule has 21 heavy (non-hydrogen) atoms. The molecule has 0 unspecified atom stereocenters. The van der Waals surface area contributed by atoms with Crippen molar-refractivity contribution in [1.82, 2.24) is 4.40 Å². The summed E-state index contributed by atoms with van der Waals surface area (Å²) in [6, 6.07) is 19.5. The SMILES string of the molecule is CCCCc1c(Sc2ccccc2)cc2cccc(C)n12. The standard InChI is InChI=1S/C19H21NS/c1-3-4-13-18-19(21-17-11-6-5-7-12-17)14-16-10-8-9-15(2)20(16)18/h5-12,14H,3-4,13H2,1-2H3. The number of aromatic nitrogens is 1. The molecule has 0 amide bonds. The molecule has 3 rings (SSSR count). The lowest BCUT2D eigenvalue weighted by molar-refractivity contribution is 0.755. The first-order chi connectivity index (χ1) is 10.3. The van der Waals surface area contributed by atoms with Gasteiger partial charge in [0.2, 0.25) is 0 Å². The normalized spacial score (nSPS) is 11.1. The van der Waals surface area contributed by atoms with Crippen LogP contribution < -0.4 is 0 Å². The smallest absolute Gasteiger partial charge is 0.0467 e. The van der Waals surface area contributed by atoms with Crippen LogP contribution >= 0.6 is 11.8 Å². The molecule has 0 fully saturated rings. The van der Waals surface area contributed by atoms with Gasteiger partial charge in [0.1, 0.15) is 0 Å². The number of hydrogen-bond donors (Lipinski definition) is 0. The molecule has 2 heteroatoms. The number of unbranched alkanes of at least 4 members (excludes halogenated alkanes) is 1. The first kappa shape index (κ1) is 14.3. The molecule has 2 heterocycles. The predicted molar refractivity (Wildman–Crippen MR) is 91.3 cm³/mol. The minimum Gasteiger partial charge on any atom is -0.317 e. The summed E-state index contributed by atoms with van der Waals surface area (Å²) in [5.74, 6) is 0. The molecule has 0 aliphatic carbocycles. The van der Waals surface area contributed by atoms with E-state index in [1.807, 2.05) is 11.8 Å². The Kier molecular flexibility index (Phi) is 4.35. The van der Waals surface area contributed by atoms with Gasteiger partial charge in [-0.25, -0.2) is 0 Å². The Morgan fingerprint density at radius 1 is 1.00 bits per heavy atom. The highest BCUT2D eigenvalue weighted by Gasteiger charge is 2.12. The van der Waals surface area contributed by atoms with Gasteiger partial charge in [-0.05, 0) is 50.1 Å². The highest BCUT2D eigenvalue weighted by atomic mass is 32.2. The monoisotopic (exact) mass is 295 g/mol. The van der Waals surface area contributed by atoms with Crippen molar-refractivity contribution >= 4 is 17.3 Å². The Morgan fingerprint density at radius 3 is 2.57 bits per heavy atom. The lowest BCUT2D eigenvalue weighted by atomic mass is 10.2. The molecule has 0 N–H and O–H groups in total. The van der Waals surface area contributed by atoms with Gasteiger partial charge in [0.05, 0.1) is 0 Å². The van der Waals surface area contributed by atoms with Crippen molar-refractivity contribution in [3.8, 4) is 0 Å². The molecule has 2 aromatic heterocycles. The highest BCUT2D eigenvalue weighted by molar-refractivity contribution is 7.99. The van der Waals surface area contributed by atoms with Gasteiger partial charge >= 0.3 is 0 Å². The third kappa shape index (κ3) is 3.01. The Morgan fingerprint density at radius 2 is 1.81 bits per heavy atom. The van der Waals surface area contributed by atoms with Crippen molar-refractivity contribution in [1.29, 1.82) is 0 Å². The van der Waals surface area contributed by atoms with Crippen LogP contribution in [0.5, 0.6) is 0 Å². The average molecular weight is 295 g/mol. The van der Waals surface area contributed by atoms with Gasteiger partial charge in [0.25, 0.3) is 0 Å². The number of rotatable bonds is 5. The molecule has 0 spiro atoms. The maximum atomic E-state index is 2.42.